The maximum absolute atomic E-state index is 9.37. The van der Waals surface area contributed by atoms with Gasteiger partial charge in [0.25, 0.3) is 0 Å². The van der Waals surface area contributed by atoms with E-state index in [-0.39, 0.29) is 12.1 Å². The summed E-state index contributed by atoms with van der Waals surface area (Å²) >= 11 is 0. The van der Waals surface area contributed by atoms with Gasteiger partial charge in [-0.3, -0.25) is 0 Å². The van der Waals surface area contributed by atoms with Crippen LogP contribution in [0.4, 0.5) is 0 Å². The minimum absolute atomic E-state index is 0.142. The van der Waals surface area contributed by atoms with Crippen molar-refractivity contribution in [3.8, 4) is 0 Å². The minimum Gasteiger partial charge on any atom is -0.392 e. The molecule has 1 aromatic rings. The molecule has 0 radical (unpaired) electrons. The first kappa shape index (κ1) is 12.2. The number of aliphatic hydroxyl groups is 1. The predicted octanol–water partition coefficient (Wildman–Crippen LogP) is 1.98. The summed E-state index contributed by atoms with van der Waals surface area (Å²) in [5, 5.41) is 12.8. The highest BCUT2D eigenvalue weighted by molar-refractivity contribution is 5.15. The zero-order chi connectivity index (χ0) is 11.3. The van der Waals surface area contributed by atoms with E-state index in [1.807, 2.05) is 19.9 Å². The van der Waals surface area contributed by atoms with Crippen LogP contribution < -0.4 is 5.32 Å². The molecule has 0 bridgehead atoms. The van der Waals surface area contributed by atoms with Crippen LogP contribution in [0.15, 0.2) is 30.3 Å². The standard InChI is InChI=1S/C13H21NO/c1-10(14-11(2)12(3)15)9-13-7-5-4-6-8-13/h4-8,10-12,14-15H,9H2,1-3H3/t10-,11-,12+/m1/s1. The summed E-state index contributed by atoms with van der Waals surface area (Å²) in [5.41, 5.74) is 1.33. The normalized spacial score (nSPS) is 17.1. The van der Waals surface area contributed by atoms with Gasteiger partial charge in [-0.1, -0.05) is 30.3 Å². The largest absolute Gasteiger partial charge is 0.392 e. The van der Waals surface area contributed by atoms with Crippen LogP contribution in [-0.4, -0.2) is 23.3 Å². The van der Waals surface area contributed by atoms with Crippen LogP contribution in [0.25, 0.3) is 0 Å². The first-order valence-electron chi connectivity index (χ1n) is 5.57. The third kappa shape index (κ3) is 4.45. The van der Waals surface area contributed by atoms with E-state index >= 15 is 0 Å². The molecule has 15 heavy (non-hydrogen) atoms. The van der Waals surface area contributed by atoms with E-state index in [1.54, 1.807) is 0 Å². The average Bonchev–Trinajstić information content (AvgIpc) is 2.18. The second-order valence-electron chi connectivity index (χ2n) is 4.29. The van der Waals surface area contributed by atoms with Crippen LogP contribution in [0.1, 0.15) is 26.3 Å². The molecule has 0 aromatic heterocycles. The molecular formula is C13H21NO. The Morgan fingerprint density at radius 3 is 2.27 bits per heavy atom. The van der Waals surface area contributed by atoms with Gasteiger partial charge in [0, 0.05) is 12.1 Å². The van der Waals surface area contributed by atoms with Gasteiger partial charge in [0.1, 0.15) is 0 Å². The summed E-state index contributed by atoms with van der Waals surface area (Å²) in [4.78, 5) is 0. The van der Waals surface area contributed by atoms with Gasteiger partial charge in [-0.15, -0.1) is 0 Å². The molecule has 0 spiro atoms. The fourth-order valence-electron chi connectivity index (χ4n) is 1.61. The molecule has 0 aliphatic heterocycles. The molecule has 0 saturated heterocycles. The van der Waals surface area contributed by atoms with E-state index in [2.05, 4.69) is 36.5 Å². The zero-order valence-corrected chi connectivity index (χ0v) is 9.77. The fourth-order valence-corrected chi connectivity index (χ4v) is 1.61. The molecule has 3 atom stereocenters. The molecule has 0 fully saturated rings. The van der Waals surface area contributed by atoms with E-state index in [0.717, 1.165) is 6.42 Å². The molecule has 1 rings (SSSR count). The van der Waals surface area contributed by atoms with Crippen molar-refractivity contribution < 1.29 is 5.11 Å². The smallest absolute Gasteiger partial charge is 0.0662 e. The van der Waals surface area contributed by atoms with Crippen molar-refractivity contribution in [2.45, 2.75) is 45.4 Å². The minimum atomic E-state index is -0.303. The Bertz CT molecular complexity index is 271. The number of hydrogen-bond donors (Lipinski definition) is 2. The highest BCUT2D eigenvalue weighted by Crippen LogP contribution is 2.04. The first-order valence-corrected chi connectivity index (χ1v) is 5.57. The molecule has 2 heteroatoms. The number of hydrogen-bond acceptors (Lipinski definition) is 2. The highest BCUT2D eigenvalue weighted by atomic mass is 16.3. The van der Waals surface area contributed by atoms with Crippen molar-refractivity contribution in [1.82, 2.24) is 5.32 Å². The lowest BCUT2D eigenvalue weighted by Gasteiger charge is -2.22. The first-order chi connectivity index (χ1) is 7.09. The maximum atomic E-state index is 9.37. The number of rotatable bonds is 5. The van der Waals surface area contributed by atoms with Crippen molar-refractivity contribution in [2.24, 2.45) is 0 Å². The van der Waals surface area contributed by atoms with Gasteiger partial charge in [-0.05, 0) is 32.8 Å². The molecule has 84 valence electrons. The second kappa shape index (κ2) is 5.89. The summed E-state index contributed by atoms with van der Waals surface area (Å²) in [6.45, 7) is 5.96. The number of aliphatic hydroxyl groups excluding tert-OH is 1. The van der Waals surface area contributed by atoms with E-state index in [0.29, 0.717) is 6.04 Å². The molecular weight excluding hydrogens is 186 g/mol. The zero-order valence-electron chi connectivity index (χ0n) is 9.77. The van der Waals surface area contributed by atoms with Gasteiger partial charge in [0.15, 0.2) is 0 Å². The van der Waals surface area contributed by atoms with Crippen LogP contribution in [0.5, 0.6) is 0 Å². The summed E-state index contributed by atoms with van der Waals surface area (Å²) in [6, 6.07) is 10.9. The lowest BCUT2D eigenvalue weighted by atomic mass is 10.1. The van der Waals surface area contributed by atoms with E-state index in [4.69, 9.17) is 0 Å². The average molecular weight is 207 g/mol. The van der Waals surface area contributed by atoms with Gasteiger partial charge in [-0.2, -0.15) is 0 Å². The molecule has 0 amide bonds. The quantitative estimate of drug-likeness (QED) is 0.773. The monoisotopic (exact) mass is 207 g/mol. The number of nitrogens with one attached hydrogen (secondary N) is 1. The van der Waals surface area contributed by atoms with Crippen molar-refractivity contribution in [3.63, 3.8) is 0 Å². The summed E-state index contributed by atoms with van der Waals surface area (Å²) in [6.07, 6.45) is 0.695. The fraction of sp³-hybridized carbons (Fsp3) is 0.538. The topological polar surface area (TPSA) is 32.3 Å². The van der Waals surface area contributed by atoms with E-state index < -0.39 is 0 Å². The van der Waals surface area contributed by atoms with Gasteiger partial charge < -0.3 is 10.4 Å². The molecule has 0 unspecified atom stereocenters. The van der Waals surface area contributed by atoms with Crippen molar-refractivity contribution in [1.29, 1.82) is 0 Å². The Kier molecular flexibility index (Phi) is 4.79. The SMILES string of the molecule is C[C@H](Cc1ccccc1)N[C@H](C)[C@H](C)O. The lowest BCUT2D eigenvalue weighted by Crippen LogP contribution is -2.42. The van der Waals surface area contributed by atoms with Crippen LogP contribution >= 0.6 is 0 Å². The molecule has 0 aliphatic carbocycles. The van der Waals surface area contributed by atoms with Gasteiger partial charge in [0.05, 0.1) is 6.10 Å². The Morgan fingerprint density at radius 1 is 1.13 bits per heavy atom. The van der Waals surface area contributed by atoms with Gasteiger partial charge >= 0.3 is 0 Å². The second-order valence-corrected chi connectivity index (χ2v) is 4.29. The predicted molar refractivity (Wildman–Crippen MR) is 63.9 cm³/mol. The lowest BCUT2D eigenvalue weighted by molar-refractivity contribution is 0.147. The number of benzene rings is 1. The van der Waals surface area contributed by atoms with Gasteiger partial charge in [-0.25, -0.2) is 0 Å². The third-order valence-corrected chi connectivity index (χ3v) is 2.66. The van der Waals surface area contributed by atoms with Crippen LogP contribution in [0.2, 0.25) is 0 Å². The molecule has 0 heterocycles. The Labute approximate surface area is 92.3 Å². The Balaban J connectivity index is 2.39. The third-order valence-electron chi connectivity index (χ3n) is 2.66. The van der Waals surface area contributed by atoms with Crippen LogP contribution in [0, 0.1) is 0 Å². The van der Waals surface area contributed by atoms with Crippen LogP contribution in [-0.2, 0) is 6.42 Å². The molecule has 2 N–H and O–H groups in total. The molecule has 1 aromatic carbocycles. The molecule has 2 nitrogen and oxygen atoms in total. The maximum Gasteiger partial charge on any atom is 0.0662 e. The van der Waals surface area contributed by atoms with Crippen LogP contribution in [0.3, 0.4) is 0 Å². The van der Waals surface area contributed by atoms with Crippen molar-refractivity contribution in [3.05, 3.63) is 35.9 Å². The van der Waals surface area contributed by atoms with Gasteiger partial charge in [0.2, 0.25) is 0 Å². The van der Waals surface area contributed by atoms with Crippen molar-refractivity contribution in [2.75, 3.05) is 0 Å². The molecule has 0 saturated carbocycles. The highest BCUT2D eigenvalue weighted by Gasteiger charge is 2.11. The van der Waals surface area contributed by atoms with E-state index in [1.165, 1.54) is 5.56 Å². The molecule has 0 aliphatic rings. The Hall–Kier alpha value is -0.860. The van der Waals surface area contributed by atoms with Crippen molar-refractivity contribution >= 4 is 0 Å². The summed E-state index contributed by atoms with van der Waals surface area (Å²) in [7, 11) is 0. The summed E-state index contributed by atoms with van der Waals surface area (Å²) in [5.74, 6) is 0. The van der Waals surface area contributed by atoms with E-state index in [9.17, 15) is 5.11 Å². The Morgan fingerprint density at radius 2 is 1.73 bits per heavy atom. The summed E-state index contributed by atoms with van der Waals surface area (Å²) < 4.78 is 0.